The molecule has 0 amide bonds. The zero-order valence-electron chi connectivity index (χ0n) is 18.2. The van der Waals surface area contributed by atoms with Gasteiger partial charge >= 0.3 is 0 Å². The van der Waals surface area contributed by atoms with Crippen molar-refractivity contribution >= 4 is 11.5 Å². The number of hydrogen-bond acceptors (Lipinski definition) is 5. The number of carbonyl (C=O) groups excluding carboxylic acids is 1. The summed E-state index contributed by atoms with van der Waals surface area (Å²) in [5, 5.41) is 3.50. The Morgan fingerprint density at radius 3 is 2.38 bits per heavy atom. The van der Waals surface area contributed by atoms with Gasteiger partial charge in [-0.2, -0.15) is 0 Å². The second-order valence-electron chi connectivity index (χ2n) is 8.01. The molecular weight excluding hydrogens is 402 g/mol. The van der Waals surface area contributed by atoms with E-state index in [9.17, 15) is 4.79 Å². The van der Waals surface area contributed by atoms with Gasteiger partial charge in [0.25, 0.3) is 0 Å². The molecule has 1 N–H and O–H groups in total. The second-order valence-corrected chi connectivity index (χ2v) is 8.01. The van der Waals surface area contributed by atoms with E-state index in [1.54, 1.807) is 14.2 Å². The first-order valence-electron chi connectivity index (χ1n) is 10.8. The average Bonchev–Trinajstić information content (AvgIpc) is 2.83. The summed E-state index contributed by atoms with van der Waals surface area (Å²) in [5.74, 6) is 2.80. The van der Waals surface area contributed by atoms with Gasteiger partial charge in [0.05, 0.1) is 14.2 Å². The molecule has 32 heavy (non-hydrogen) atoms. The van der Waals surface area contributed by atoms with Gasteiger partial charge in [0.1, 0.15) is 11.5 Å². The Bertz CT molecular complexity index is 1200. The van der Waals surface area contributed by atoms with Crippen molar-refractivity contribution in [2.45, 2.75) is 25.2 Å². The number of ketones is 1. The number of Topliss-reactive ketones (excluding diaryl/α,β-unsaturated/α-hetero) is 1. The van der Waals surface area contributed by atoms with Gasteiger partial charge in [0.15, 0.2) is 17.3 Å². The van der Waals surface area contributed by atoms with E-state index in [0.717, 1.165) is 52.4 Å². The number of allylic oxidation sites excluding steroid dienone is 2. The molecule has 0 saturated heterocycles. The summed E-state index contributed by atoms with van der Waals surface area (Å²) in [7, 11) is 3.25. The van der Waals surface area contributed by atoms with Crippen molar-refractivity contribution in [3.05, 3.63) is 89.1 Å². The lowest BCUT2D eigenvalue weighted by atomic mass is 9.75. The van der Waals surface area contributed by atoms with E-state index < -0.39 is 0 Å². The highest BCUT2D eigenvalue weighted by Crippen LogP contribution is 2.49. The third-order valence-electron chi connectivity index (χ3n) is 6.07. The molecule has 2 aliphatic rings. The number of rotatable bonds is 5. The smallest absolute Gasteiger partial charge is 0.162 e. The Kier molecular flexibility index (Phi) is 5.31. The van der Waals surface area contributed by atoms with Crippen LogP contribution in [0.3, 0.4) is 0 Å². The van der Waals surface area contributed by atoms with Gasteiger partial charge in [-0.15, -0.1) is 0 Å². The maximum Gasteiger partial charge on any atom is 0.162 e. The first kappa shape index (κ1) is 20.2. The Hall–Kier alpha value is -3.73. The first-order chi connectivity index (χ1) is 15.7. The van der Waals surface area contributed by atoms with Crippen molar-refractivity contribution in [3.8, 4) is 23.0 Å². The zero-order valence-corrected chi connectivity index (χ0v) is 18.2. The molecule has 5 rings (SSSR count). The molecule has 5 heteroatoms. The van der Waals surface area contributed by atoms with Gasteiger partial charge in [0.2, 0.25) is 0 Å². The Morgan fingerprint density at radius 1 is 0.844 bits per heavy atom. The predicted molar refractivity (Wildman–Crippen MR) is 124 cm³/mol. The van der Waals surface area contributed by atoms with E-state index in [-0.39, 0.29) is 11.7 Å². The van der Waals surface area contributed by atoms with E-state index in [0.29, 0.717) is 17.9 Å². The Balaban J connectivity index is 1.64. The lowest BCUT2D eigenvalue weighted by molar-refractivity contribution is -0.116. The van der Waals surface area contributed by atoms with E-state index >= 15 is 0 Å². The first-order valence-corrected chi connectivity index (χ1v) is 10.8. The summed E-state index contributed by atoms with van der Waals surface area (Å²) in [4.78, 5) is 13.1. The molecule has 1 unspecified atom stereocenters. The number of hydrogen-bond donors (Lipinski definition) is 1. The van der Waals surface area contributed by atoms with Gasteiger partial charge in [-0.1, -0.05) is 30.3 Å². The molecule has 1 atom stereocenters. The molecule has 162 valence electrons. The zero-order chi connectivity index (χ0) is 22.1. The molecule has 1 heterocycles. The summed E-state index contributed by atoms with van der Waals surface area (Å²) in [5.41, 5.74) is 4.79. The molecule has 3 aromatic carbocycles. The summed E-state index contributed by atoms with van der Waals surface area (Å²) < 4.78 is 17.2. The van der Waals surface area contributed by atoms with Crippen LogP contribution in [-0.4, -0.2) is 20.0 Å². The van der Waals surface area contributed by atoms with Crippen molar-refractivity contribution < 1.29 is 19.0 Å². The quantitative estimate of drug-likeness (QED) is 0.536. The summed E-state index contributed by atoms with van der Waals surface area (Å²) >= 11 is 0. The minimum Gasteiger partial charge on any atom is -0.493 e. The van der Waals surface area contributed by atoms with Crippen LogP contribution in [0.4, 0.5) is 5.69 Å². The third kappa shape index (κ3) is 3.60. The monoisotopic (exact) mass is 427 g/mol. The highest BCUT2D eigenvalue weighted by Gasteiger charge is 2.36. The Morgan fingerprint density at radius 2 is 1.59 bits per heavy atom. The normalized spacial score (nSPS) is 17.2. The number of methoxy groups -OCH3 is 2. The molecule has 5 nitrogen and oxygen atoms in total. The molecular formula is C27H25NO4. The number of anilines is 1. The van der Waals surface area contributed by atoms with Crippen molar-refractivity contribution in [3.63, 3.8) is 0 Å². The summed E-state index contributed by atoms with van der Waals surface area (Å²) in [6.07, 6.45) is 2.28. The molecule has 1 aliphatic heterocycles. The van der Waals surface area contributed by atoms with Crippen LogP contribution in [0.2, 0.25) is 0 Å². The lowest BCUT2D eigenvalue weighted by Gasteiger charge is -2.34. The van der Waals surface area contributed by atoms with Crippen molar-refractivity contribution in [2.75, 3.05) is 19.5 Å². The van der Waals surface area contributed by atoms with Crippen LogP contribution in [0.5, 0.6) is 23.0 Å². The molecule has 0 bridgehead atoms. The van der Waals surface area contributed by atoms with E-state index in [4.69, 9.17) is 14.2 Å². The highest BCUT2D eigenvalue weighted by atomic mass is 16.5. The fraction of sp³-hybridized carbons (Fsp3) is 0.222. The SMILES string of the molecule is COc1cc2c(cc1OC)C(c1cccc(Oc3ccccc3)c1)C1=C(CCCC1=O)N2. The topological polar surface area (TPSA) is 56.8 Å². The van der Waals surface area contributed by atoms with Crippen LogP contribution >= 0.6 is 0 Å². The minimum atomic E-state index is -0.201. The number of para-hydroxylation sites is 1. The van der Waals surface area contributed by atoms with Gasteiger partial charge in [-0.25, -0.2) is 0 Å². The average molecular weight is 428 g/mol. The number of benzene rings is 3. The van der Waals surface area contributed by atoms with E-state index in [1.165, 1.54) is 0 Å². The number of nitrogens with one attached hydrogen (secondary N) is 1. The lowest BCUT2D eigenvalue weighted by Crippen LogP contribution is -2.27. The van der Waals surface area contributed by atoms with E-state index in [2.05, 4.69) is 11.4 Å². The summed E-state index contributed by atoms with van der Waals surface area (Å²) in [6, 6.07) is 21.6. The Labute approximate surface area is 187 Å². The molecule has 0 spiro atoms. The van der Waals surface area contributed by atoms with Gasteiger partial charge in [0, 0.05) is 35.4 Å². The molecule has 0 saturated carbocycles. The van der Waals surface area contributed by atoms with Crippen molar-refractivity contribution in [1.29, 1.82) is 0 Å². The number of ether oxygens (including phenoxy) is 3. The third-order valence-corrected chi connectivity index (χ3v) is 6.07. The largest absolute Gasteiger partial charge is 0.493 e. The molecule has 3 aromatic rings. The fourth-order valence-electron chi connectivity index (χ4n) is 4.62. The molecule has 1 aliphatic carbocycles. The van der Waals surface area contributed by atoms with Crippen molar-refractivity contribution in [1.82, 2.24) is 0 Å². The predicted octanol–water partition coefficient (Wildman–Crippen LogP) is 6.06. The van der Waals surface area contributed by atoms with Gasteiger partial charge in [-0.05, 0) is 54.3 Å². The van der Waals surface area contributed by atoms with Gasteiger partial charge in [-0.3, -0.25) is 4.79 Å². The maximum absolute atomic E-state index is 13.1. The van der Waals surface area contributed by atoms with E-state index in [1.807, 2.05) is 60.7 Å². The fourth-order valence-corrected chi connectivity index (χ4v) is 4.62. The van der Waals surface area contributed by atoms with Crippen LogP contribution in [0.25, 0.3) is 0 Å². The van der Waals surface area contributed by atoms with Crippen LogP contribution in [-0.2, 0) is 4.79 Å². The van der Waals surface area contributed by atoms with Crippen LogP contribution < -0.4 is 19.5 Å². The molecule has 0 aromatic heterocycles. The van der Waals surface area contributed by atoms with Crippen LogP contribution in [0.15, 0.2) is 78.0 Å². The molecule has 0 radical (unpaired) electrons. The highest BCUT2D eigenvalue weighted by molar-refractivity contribution is 6.01. The maximum atomic E-state index is 13.1. The molecule has 0 fully saturated rings. The standard InChI is InChI=1S/C27H25NO4/c1-30-24-15-20-22(16-25(24)31-2)28-21-12-7-13-23(29)27(21)26(20)17-8-6-11-19(14-17)32-18-9-4-3-5-10-18/h3-6,8-11,14-16,26,28H,7,12-13H2,1-2H3. The second kappa shape index (κ2) is 8.42. The number of carbonyl (C=O) groups is 1. The van der Waals surface area contributed by atoms with Crippen molar-refractivity contribution in [2.24, 2.45) is 0 Å². The number of fused-ring (bicyclic) bond motifs is 1. The van der Waals surface area contributed by atoms with Crippen LogP contribution in [0, 0.1) is 0 Å². The van der Waals surface area contributed by atoms with Gasteiger partial charge < -0.3 is 19.5 Å². The minimum absolute atomic E-state index is 0.193. The summed E-state index contributed by atoms with van der Waals surface area (Å²) in [6.45, 7) is 0. The van der Waals surface area contributed by atoms with Crippen LogP contribution in [0.1, 0.15) is 36.3 Å².